The average molecular weight is 271 g/mol. The van der Waals surface area contributed by atoms with Gasteiger partial charge < -0.3 is 9.73 Å². The largest absolute Gasteiger partial charge is 0.469 e. The Bertz CT molecular complexity index is 556. The quantitative estimate of drug-likeness (QED) is 0.837. The highest BCUT2D eigenvalue weighted by molar-refractivity contribution is 5.32. The van der Waals surface area contributed by atoms with E-state index in [0.717, 1.165) is 25.1 Å². The van der Waals surface area contributed by atoms with Crippen LogP contribution >= 0.6 is 0 Å². The van der Waals surface area contributed by atoms with E-state index < -0.39 is 0 Å². The van der Waals surface area contributed by atoms with E-state index in [1.165, 1.54) is 22.3 Å². The Morgan fingerprint density at radius 1 is 1.15 bits per heavy atom. The Balaban J connectivity index is 2.21. The van der Waals surface area contributed by atoms with Crippen molar-refractivity contribution < 1.29 is 4.42 Å². The van der Waals surface area contributed by atoms with E-state index in [0.29, 0.717) is 6.04 Å². The van der Waals surface area contributed by atoms with Crippen molar-refractivity contribution in [1.82, 2.24) is 5.32 Å². The molecule has 1 atom stereocenters. The summed E-state index contributed by atoms with van der Waals surface area (Å²) in [7, 11) is 0. The Labute approximate surface area is 122 Å². The van der Waals surface area contributed by atoms with Gasteiger partial charge in [0.2, 0.25) is 0 Å². The first kappa shape index (κ1) is 14.9. The first-order chi connectivity index (χ1) is 9.60. The molecule has 20 heavy (non-hydrogen) atoms. The maximum atomic E-state index is 5.48. The van der Waals surface area contributed by atoms with Crippen molar-refractivity contribution >= 4 is 0 Å². The van der Waals surface area contributed by atoms with Gasteiger partial charge in [0.1, 0.15) is 5.76 Å². The van der Waals surface area contributed by atoms with Crippen molar-refractivity contribution in [3.63, 3.8) is 0 Å². The summed E-state index contributed by atoms with van der Waals surface area (Å²) in [6.45, 7) is 9.56. The molecule has 0 saturated heterocycles. The van der Waals surface area contributed by atoms with E-state index in [1.54, 1.807) is 0 Å². The predicted molar refractivity (Wildman–Crippen MR) is 84.1 cm³/mol. The van der Waals surface area contributed by atoms with Crippen molar-refractivity contribution in [3.8, 4) is 0 Å². The molecule has 0 spiro atoms. The van der Waals surface area contributed by atoms with Crippen LogP contribution in [0.25, 0.3) is 0 Å². The standard InChI is InChI=1S/C18H25NO/c1-5-8-19-18(17-10-15(4)20-12-17)11-16-9-13(2)6-7-14(16)3/h6-7,9-10,12,18-19H,5,8,11H2,1-4H3. The van der Waals surface area contributed by atoms with Crippen LogP contribution in [0.15, 0.2) is 34.9 Å². The highest BCUT2D eigenvalue weighted by Crippen LogP contribution is 2.23. The zero-order chi connectivity index (χ0) is 14.5. The van der Waals surface area contributed by atoms with Crippen molar-refractivity contribution in [2.75, 3.05) is 6.54 Å². The second-order valence-corrected chi connectivity index (χ2v) is 5.63. The molecule has 0 amide bonds. The summed E-state index contributed by atoms with van der Waals surface area (Å²) in [6.07, 6.45) is 4.03. The van der Waals surface area contributed by atoms with Gasteiger partial charge in [-0.2, -0.15) is 0 Å². The molecule has 0 fully saturated rings. The Hall–Kier alpha value is -1.54. The minimum Gasteiger partial charge on any atom is -0.469 e. The summed E-state index contributed by atoms with van der Waals surface area (Å²) in [4.78, 5) is 0. The molecule has 2 heteroatoms. The Kier molecular flexibility index (Phi) is 5.02. The van der Waals surface area contributed by atoms with Crippen LogP contribution in [0.2, 0.25) is 0 Å². The average Bonchev–Trinajstić information content (AvgIpc) is 2.85. The molecule has 1 unspecified atom stereocenters. The maximum absolute atomic E-state index is 5.48. The van der Waals surface area contributed by atoms with Crippen LogP contribution < -0.4 is 5.32 Å². The lowest BCUT2D eigenvalue weighted by molar-refractivity contribution is 0.503. The number of nitrogens with one attached hydrogen (secondary N) is 1. The van der Waals surface area contributed by atoms with Gasteiger partial charge in [-0.25, -0.2) is 0 Å². The van der Waals surface area contributed by atoms with Gasteiger partial charge in [0.25, 0.3) is 0 Å². The Morgan fingerprint density at radius 3 is 2.60 bits per heavy atom. The summed E-state index contributed by atoms with van der Waals surface area (Å²) in [5.74, 6) is 0.976. The minimum absolute atomic E-state index is 0.327. The molecular formula is C18H25NO. The summed E-state index contributed by atoms with van der Waals surface area (Å²) >= 11 is 0. The fraction of sp³-hybridized carbons (Fsp3) is 0.444. The monoisotopic (exact) mass is 271 g/mol. The second-order valence-electron chi connectivity index (χ2n) is 5.63. The predicted octanol–water partition coefficient (Wildman–Crippen LogP) is 4.49. The van der Waals surface area contributed by atoms with Gasteiger partial charge in [0, 0.05) is 11.6 Å². The number of benzene rings is 1. The van der Waals surface area contributed by atoms with Crippen LogP contribution in [0.1, 0.15) is 47.4 Å². The molecular weight excluding hydrogens is 246 g/mol. The fourth-order valence-corrected chi connectivity index (χ4v) is 2.51. The van der Waals surface area contributed by atoms with Gasteiger partial charge in [0.15, 0.2) is 0 Å². The molecule has 0 aliphatic rings. The number of furan rings is 1. The smallest absolute Gasteiger partial charge is 0.101 e. The molecule has 0 aliphatic carbocycles. The molecule has 2 aromatic rings. The van der Waals surface area contributed by atoms with Crippen LogP contribution in [0, 0.1) is 20.8 Å². The summed E-state index contributed by atoms with van der Waals surface area (Å²) in [5, 5.41) is 3.63. The third kappa shape index (κ3) is 3.73. The number of hydrogen-bond acceptors (Lipinski definition) is 2. The van der Waals surface area contributed by atoms with Gasteiger partial charge in [-0.15, -0.1) is 0 Å². The number of rotatable bonds is 6. The fourth-order valence-electron chi connectivity index (χ4n) is 2.51. The first-order valence-electron chi connectivity index (χ1n) is 7.44. The van der Waals surface area contributed by atoms with E-state index in [4.69, 9.17) is 4.42 Å². The highest BCUT2D eigenvalue weighted by atomic mass is 16.3. The lowest BCUT2D eigenvalue weighted by Crippen LogP contribution is -2.24. The second kappa shape index (κ2) is 6.76. The van der Waals surface area contributed by atoms with Crippen molar-refractivity contribution in [3.05, 3.63) is 58.5 Å². The Morgan fingerprint density at radius 2 is 1.95 bits per heavy atom. The summed E-state index contributed by atoms with van der Waals surface area (Å²) < 4.78 is 5.48. The maximum Gasteiger partial charge on any atom is 0.101 e. The molecule has 0 radical (unpaired) electrons. The molecule has 1 heterocycles. The lowest BCUT2D eigenvalue weighted by Gasteiger charge is -2.18. The molecule has 2 rings (SSSR count). The van der Waals surface area contributed by atoms with Gasteiger partial charge in [-0.3, -0.25) is 0 Å². The van der Waals surface area contributed by atoms with Gasteiger partial charge in [-0.1, -0.05) is 30.7 Å². The first-order valence-corrected chi connectivity index (χ1v) is 7.44. The topological polar surface area (TPSA) is 25.2 Å². The zero-order valence-corrected chi connectivity index (χ0v) is 13.0. The van der Waals surface area contributed by atoms with E-state index in [9.17, 15) is 0 Å². The van der Waals surface area contributed by atoms with Gasteiger partial charge in [0.05, 0.1) is 6.26 Å². The normalized spacial score (nSPS) is 12.6. The SMILES string of the molecule is CCCNC(Cc1cc(C)ccc1C)c1coc(C)c1. The molecule has 108 valence electrons. The van der Waals surface area contributed by atoms with Crippen LogP contribution in [0.4, 0.5) is 0 Å². The van der Waals surface area contributed by atoms with E-state index in [2.05, 4.69) is 50.4 Å². The van der Waals surface area contributed by atoms with Crippen molar-refractivity contribution in [2.45, 2.75) is 46.6 Å². The molecule has 1 aromatic heterocycles. The van der Waals surface area contributed by atoms with Crippen molar-refractivity contribution in [1.29, 1.82) is 0 Å². The minimum atomic E-state index is 0.327. The summed E-state index contributed by atoms with van der Waals surface area (Å²) in [5.41, 5.74) is 5.34. The number of aryl methyl sites for hydroxylation is 3. The molecule has 1 aromatic carbocycles. The number of hydrogen-bond donors (Lipinski definition) is 1. The lowest BCUT2D eigenvalue weighted by atomic mass is 9.96. The molecule has 0 aliphatic heterocycles. The third-order valence-electron chi connectivity index (χ3n) is 3.72. The van der Waals surface area contributed by atoms with Gasteiger partial charge in [-0.05, 0) is 57.4 Å². The zero-order valence-electron chi connectivity index (χ0n) is 13.0. The van der Waals surface area contributed by atoms with Gasteiger partial charge >= 0.3 is 0 Å². The molecule has 0 bridgehead atoms. The third-order valence-corrected chi connectivity index (χ3v) is 3.72. The van der Waals surface area contributed by atoms with E-state index >= 15 is 0 Å². The highest BCUT2D eigenvalue weighted by Gasteiger charge is 2.15. The molecule has 1 N–H and O–H groups in total. The molecule has 2 nitrogen and oxygen atoms in total. The summed E-state index contributed by atoms with van der Waals surface area (Å²) in [6, 6.07) is 9.15. The van der Waals surface area contributed by atoms with Crippen LogP contribution in [0.5, 0.6) is 0 Å². The van der Waals surface area contributed by atoms with Crippen LogP contribution in [-0.4, -0.2) is 6.54 Å². The van der Waals surface area contributed by atoms with E-state index in [1.807, 2.05) is 13.2 Å². The van der Waals surface area contributed by atoms with E-state index in [-0.39, 0.29) is 0 Å². The molecule has 0 saturated carbocycles. The van der Waals surface area contributed by atoms with Crippen LogP contribution in [-0.2, 0) is 6.42 Å². The van der Waals surface area contributed by atoms with Crippen molar-refractivity contribution in [2.24, 2.45) is 0 Å². The van der Waals surface area contributed by atoms with Crippen LogP contribution in [0.3, 0.4) is 0 Å².